The molecule has 0 radical (unpaired) electrons. The molecule has 2 N–H and O–H groups in total. The first-order valence-corrected chi connectivity index (χ1v) is 8.63. The fourth-order valence-corrected chi connectivity index (χ4v) is 5.02. The van der Waals surface area contributed by atoms with E-state index in [1.54, 1.807) is 16.4 Å². The zero-order valence-electron chi connectivity index (χ0n) is 12.5. The highest BCUT2D eigenvalue weighted by Crippen LogP contribution is 2.31. The van der Waals surface area contributed by atoms with Crippen LogP contribution in [0.1, 0.15) is 37.8 Å². The van der Waals surface area contributed by atoms with E-state index in [-0.39, 0.29) is 6.04 Å². The van der Waals surface area contributed by atoms with E-state index in [1.165, 1.54) is 0 Å². The average Bonchev–Trinajstić information content (AvgIpc) is 2.88. The monoisotopic (exact) mass is 296 g/mol. The minimum absolute atomic E-state index is 0.119. The van der Waals surface area contributed by atoms with Gasteiger partial charge >= 0.3 is 0 Å². The van der Waals surface area contributed by atoms with Crippen molar-refractivity contribution in [3.63, 3.8) is 0 Å². The van der Waals surface area contributed by atoms with Crippen LogP contribution in [0.25, 0.3) is 0 Å². The highest BCUT2D eigenvalue weighted by Gasteiger charge is 2.37. The van der Waals surface area contributed by atoms with E-state index in [2.05, 4.69) is 13.8 Å². The number of aryl methyl sites for hydroxylation is 1. The minimum atomic E-state index is -3.40. The summed E-state index contributed by atoms with van der Waals surface area (Å²) in [6.45, 7) is 7.07. The Morgan fingerprint density at radius 3 is 2.65 bits per heavy atom. The Labute approximate surface area is 122 Å². The summed E-state index contributed by atoms with van der Waals surface area (Å²) in [5.74, 6) is 0.343. The van der Waals surface area contributed by atoms with E-state index < -0.39 is 10.0 Å². The van der Waals surface area contributed by atoms with Crippen molar-refractivity contribution in [2.75, 3.05) is 6.54 Å². The largest absolute Gasteiger partial charge is 0.326 e. The SMILES string of the molecule is Cc1cc(CN)ccc1S(=O)(=O)N1CCCC1C(C)C. The lowest BCUT2D eigenvalue weighted by atomic mass is 10.0. The van der Waals surface area contributed by atoms with E-state index in [0.29, 0.717) is 23.9 Å². The summed E-state index contributed by atoms with van der Waals surface area (Å²) in [6, 6.07) is 5.49. The summed E-state index contributed by atoms with van der Waals surface area (Å²) in [7, 11) is -3.40. The van der Waals surface area contributed by atoms with Gasteiger partial charge in [-0.25, -0.2) is 8.42 Å². The standard InChI is InChI=1S/C15H24N2O2S/c1-11(2)14-5-4-8-17(14)20(18,19)15-7-6-13(10-16)9-12(15)3/h6-7,9,11,14H,4-5,8,10,16H2,1-3H3. The van der Waals surface area contributed by atoms with Crippen LogP contribution in [0, 0.1) is 12.8 Å². The highest BCUT2D eigenvalue weighted by molar-refractivity contribution is 7.89. The number of hydrogen-bond acceptors (Lipinski definition) is 3. The first kappa shape index (κ1) is 15.5. The third-order valence-electron chi connectivity index (χ3n) is 4.08. The van der Waals surface area contributed by atoms with Gasteiger partial charge in [0, 0.05) is 19.1 Å². The van der Waals surface area contributed by atoms with Gasteiger partial charge in [0.1, 0.15) is 0 Å². The molecule has 4 nitrogen and oxygen atoms in total. The molecule has 0 saturated carbocycles. The second kappa shape index (κ2) is 5.84. The predicted molar refractivity (Wildman–Crippen MR) is 80.8 cm³/mol. The van der Waals surface area contributed by atoms with Crippen molar-refractivity contribution in [3.05, 3.63) is 29.3 Å². The molecule has 0 spiro atoms. The molecule has 0 bridgehead atoms. The van der Waals surface area contributed by atoms with Crippen molar-refractivity contribution in [1.29, 1.82) is 0 Å². The fraction of sp³-hybridized carbons (Fsp3) is 0.600. The van der Waals surface area contributed by atoms with Crippen molar-refractivity contribution < 1.29 is 8.42 Å². The second-order valence-electron chi connectivity index (χ2n) is 5.87. The fourth-order valence-electron chi connectivity index (χ4n) is 2.98. The zero-order chi connectivity index (χ0) is 14.9. The highest BCUT2D eigenvalue weighted by atomic mass is 32.2. The van der Waals surface area contributed by atoms with Gasteiger partial charge in [-0.2, -0.15) is 4.31 Å². The van der Waals surface area contributed by atoms with Crippen molar-refractivity contribution in [2.45, 2.75) is 51.1 Å². The van der Waals surface area contributed by atoms with Crippen LogP contribution in [0.5, 0.6) is 0 Å². The molecular weight excluding hydrogens is 272 g/mol. The Balaban J connectivity index is 2.40. The third kappa shape index (κ3) is 2.75. The summed E-state index contributed by atoms with van der Waals surface area (Å²) < 4.78 is 27.4. The molecule has 1 fully saturated rings. The minimum Gasteiger partial charge on any atom is -0.326 e. The quantitative estimate of drug-likeness (QED) is 0.927. The van der Waals surface area contributed by atoms with Gasteiger partial charge in [0.2, 0.25) is 10.0 Å². The van der Waals surface area contributed by atoms with Crippen molar-refractivity contribution in [3.8, 4) is 0 Å². The van der Waals surface area contributed by atoms with Crippen LogP contribution >= 0.6 is 0 Å². The molecule has 0 aromatic heterocycles. The van der Waals surface area contributed by atoms with Gasteiger partial charge in [-0.1, -0.05) is 26.0 Å². The number of hydrogen-bond donors (Lipinski definition) is 1. The van der Waals surface area contributed by atoms with Crippen LogP contribution in [-0.4, -0.2) is 25.3 Å². The van der Waals surface area contributed by atoms with Gasteiger partial charge < -0.3 is 5.73 Å². The summed E-state index contributed by atoms with van der Waals surface area (Å²) in [5, 5.41) is 0. The molecule has 1 aliphatic heterocycles. The third-order valence-corrected chi connectivity index (χ3v) is 6.16. The Morgan fingerprint density at radius 2 is 2.10 bits per heavy atom. The van der Waals surface area contributed by atoms with E-state index in [0.717, 1.165) is 24.0 Å². The molecule has 0 aliphatic carbocycles. The topological polar surface area (TPSA) is 63.4 Å². The number of rotatable bonds is 4. The van der Waals surface area contributed by atoms with E-state index in [4.69, 9.17) is 5.73 Å². The summed E-state index contributed by atoms with van der Waals surface area (Å²) in [6.07, 6.45) is 1.90. The Hall–Kier alpha value is -0.910. The summed E-state index contributed by atoms with van der Waals surface area (Å²) in [5.41, 5.74) is 7.34. The Kier molecular flexibility index (Phi) is 4.52. The molecule has 1 heterocycles. The molecule has 0 amide bonds. The van der Waals surface area contributed by atoms with Gasteiger partial charge in [-0.3, -0.25) is 0 Å². The molecule has 1 aromatic carbocycles. The molecule has 20 heavy (non-hydrogen) atoms. The summed E-state index contributed by atoms with van der Waals surface area (Å²) >= 11 is 0. The van der Waals surface area contributed by atoms with Gasteiger partial charge in [-0.05, 0) is 42.9 Å². The van der Waals surface area contributed by atoms with Gasteiger partial charge in [0.15, 0.2) is 0 Å². The number of sulfonamides is 1. The molecule has 112 valence electrons. The van der Waals surface area contributed by atoms with Gasteiger partial charge in [0.25, 0.3) is 0 Å². The first-order chi connectivity index (χ1) is 9.37. The smallest absolute Gasteiger partial charge is 0.243 e. The molecule has 1 unspecified atom stereocenters. The summed E-state index contributed by atoms with van der Waals surface area (Å²) in [4.78, 5) is 0.419. The van der Waals surface area contributed by atoms with Gasteiger partial charge in [0.05, 0.1) is 4.90 Å². The molecular formula is C15H24N2O2S. The maximum atomic E-state index is 12.9. The second-order valence-corrected chi connectivity index (χ2v) is 7.73. The van der Waals surface area contributed by atoms with Crippen molar-refractivity contribution in [2.24, 2.45) is 11.7 Å². The van der Waals surface area contributed by atoms with Crippen LogP contribution in [0.2, 0.25) is 0 Å². The van der Waals surface area contributed by atoms with Crippen LogP contribution in [0.3, 0.4) is 0 Å². The maximum Gasteiger partial charge on any atom is 0.243 e. The molecule has 5 heteroatoms. The lowest BCUT2D eigenvalue weighted by molar-refractivity contribution is 0.315. The van der Waals surface area contributed by atoms with E-state index in [1.807, 2.05) is 13.0 Å². The van der Waals surface area contributed by atoms with Crippen LogP contribution in [0.15, 0.2) is 23.1 Å². The van der Waals surface area contributed by atoms with Crippen LogP contribution in [0.4, 0.5) is 0 Å². The average molecular weight is 296 g/mol. The molecule has 2 rings (SSSR count). The first-order valence-electron chi connectivity index (χ1n) is 7.19. The van der Waals surface area contributed by atoms with Crippen molar-refractivity contribution in [1.82, 2.24) is 4.31 Å². The normalized spacial score (nSPS) is 20.8. The zero-order valence-corrected chi connectivity index (χ0v) is 13.3. The van der Waals surface area contributed by atoms with Crippen LogP contribution in [-0.2, 0) is 16.6 Å². The van der Waals surface area contributed by atoms with E-state index >= 15 is 0 Å². The lowest BCUT2D eigenvalue weighted by Gasteiger charge is -2.27. The predicted octanol–water partition coefficient (Wildman–Crippen LogP) is 2.26. The van der Waals surface area contributed by atoms with Crippen molar-refractivity contribution >= 4 is 10.0 Å². The molecule has 1 atom stereocenters. The molecule has 1 aromatic rings. The molecule has 1 saturated heterocycles. The van der Waals surface area contributed by atoms with Gasteiger partial charge in [-0.15, -0.1) is 0 Å². The Bertz CT molecular complexity index is 582. The number of benzene rings is 1. The number of nitrogens with two attached hydrogens (primary N) is 1. The Morgan fingerprint density at radius 1 is 1.40 bits per heavy atom. The maximum absolute atomic E-state index is 12.9. The lowest BCUT2D eigenvalue weighted by Crippen LogP contribution is -2.38. The molecule has 1 aliphatic rings. The van der Waals surface area contributed by atoms with Crippen LogP contribution < -0.4 is 5.73 Å². The van der Waals surface area contributed by atoms with E-state index in [9.17, 15) is 8.42 Å². The number of nitrogens with zero attached hydrogens (tertiary/aromatic N) is 1.